The third-order valence-electron chi connectivity index (χ3n) is 4.30. The van der Waals surface area contributed by atoms with Crippen molar-refractivity contribution in [3.8, 4) is 5.75 Å². The maximum Gasteiger partial charge on any atom is 0.255 e. The Balaban J connectivity index is 1.57. The lowest BCUT2D eigenvalue weighted by Crippen LogP contribution is -2.22. The molecule has 142 valence electrons. The summed E-state index contributed by atoms with van der Waals surface area (Å²) in [6, 6.07) is 13.8. The molecule has 1 saturated heterocycles. The summed E-state index contributed by atoms with van der Waals surface area (Å²) in [6.45, 7) is 3.74. The highest BCUT2D eigenvalue weighted by Crippen LogP contribution is 2.18. The lowest BCUT2D eigenvalue weighted by molar-refractivity contribution is 0.0679. The fourth-order valence-corrected chi connectivity index (χ4v) is 2.87. The molecule has 0 bridgehead atoms. The number of carbonyl (C=O) groups excluding carboxylic acids is 2. The van der Waals surface area contributed by atoms with E-state index in [1.165, 1.54) is 0 Å². The zero-order valence-electron chi connectivity index (χ0n) is 15.4. The van der Waals surface area contributed by atoms with Gasteiger partial charge in [-0.2, -0.15) is 0 Å². The molecular weight excluding hydrogens is 344 g/mol. The van der Waals surface area contributed by atoms with E-state index in [2.05, 4.69) is 10.6 Å². The number of hydrogen-bond acceptors (Lipinski definition) is 4. The molecule has 0 aliphatic carbocycles. The number of hydrogen-bond donors (Lipinski definition) is 2. The molecule has 1 fully saturated rings. The molecule has 3 rings (SSSR count). The predicted molar refractivity (Wildman–Crippen MR) is 103 cm³/mol. The third kappa shape index (κ3) is 5.31. The summed E-state index contributed by atoms with van der Waals surface area (Å²) in [5.74, 6) is 0.301. The van der Waals surface area contributed by atoms with Crippen molar-refractivity contribution in [1.82, 2.24) is 5.32 Å². The van der Waals surface area contributed by atoms with Crippen molar-refractivity contribution in [3.63, 3.8) is 0 Å². The fourth-order valence-electron chi connectivity index (χ4n) is 2.87. The summed E-state index contributed by atoms with van der Waals surface area (Å²) in [5.41, 5.74) is 1.60. The number of carbonyl (C=O) groups is 2. The van der Waals surface area contributed by atoms with Crippen LogP contribution in [-0.4, -0.2) is 37.7 Å². The second kappa shape index (κ2) is 9.19. The van der Waals surface area contributed by atoms with Crippen molar-refractivity contribution >= 4 is 17.5 Å². The van der Waals surface area contributed by atoms with E-state index in [1.54, 1.807) is 48.5 Å². The van der Waals surface area contributed by atoms with Crippen LogP contribution in [0.15, 0.2) is 48.5 Å². The highest BCUT2D eigenvalue weighted by Gasteiger charge is 2.16. The van der Waals surface area contributed by atoms with Crippen molar-refractivity contribution in [1.29, 1.82) is 0 Å². The molecule has 2 aromatic carbocycles. The van der Waals surface area contributed by atoms with E-state index in [0.717, 1.165) is 19.4 Å². The first-order chi connectivity index (χ1) is 13.2. The molecule has 1 heterocycles. The average Bonchev–Trinajstić information content (AvgIpc) is 3.21. The van der Waals surface area contributed by atoms with Crippen molar-refractivity contribution < 1.29 is 19.1 Å². The van der Waals surface area contributed by atoms with Crippen LogP contribution in [-0.2, 0) is 4.74 Å². The first-order valence-corrected chi connectivity index (χ1v) is 9.20. The van der Waals surface area contributed by atoms with Crippen molar-refractivity contribution in [2.45, 2.75) is 25.9 Å². The lowest BCUT2D eigenvalue weighted by Gasteiger charge is -2.12. The van der Waals surface area contributed by atoms with E-state index >= 15 is 0 Å². The van der Waals surface area contributed by atoms with Gasteiger partial charge in [0.2, 0.25) is 0 Å². The number of amides is 2. The standard InChI is InChI=1S/C21H24N2O4/c1-2-22-20(24)16-5-3-6-17(13-16)23-21(25)15-8-10-18(11-9-15)27-14-19-7-4-12-26-19/h3,5-6,8-11,13,19H,2,4,7,12,14H2,1H3,(H,22,24)(H,23,25). The van der Waals surface area contributed by atoms with Crippen LogP contribution in [0.25, 0.3) is 0 Å². The van der Waals surface area contributed by atoms with E-state index in [-0.39, 0.29) is 17.9 Å². The van der Waals surface area contributed by atoms with Crippen LogP contribution >= 0.6 is 0 Å². The van der Waals surface area contributed by atoms with Crippen LogP contribution in [0.3, 0.4) is 0 Å². The molecule has 1 aliphatic rings. The van der Waals surface area contributed by atoms with Gasteiger partial charge < -0.3 is 20.1 Å². The monoisotopic (exact) mass is 368 g/mol. The molecule has 0 saturated carbocycles. The summed E-state index contributed by atoms with van der Waals surface area (Å²) in [4.78, 5) is 24.3. The molecule has 1 unspecified atom stereocenters. The number of ether oxygens (including phenoxy) is 2. The van der Waals surface area contributed by atoms with Gasteiger partial charge in [0, 0.05) is 30.0 Å². The van der Waals surface area contributed by atoms with Gasteiger partial charge in [-0.25, -0.2) is 0 Å². The summed E-state index contributed by atoms with van der Waals surface area (Å²) >= 11 is 0. The topological polar surface area (TPSA) is 76.7 Å². The zero-order chi connectivity index (χ0) is 19.1. The van der Waals surface area contributed by atoms with Gasteiger partial charge in [0.1, 0.15) is 12.4 Å². The van der Waals surface area contributed by atoms with Crippen LogP contribution in [0.5, 0.6) is 5.75 Å². The van der Waals surface area contributed by atoms with Crippen LogP contribution in [0, 0.1) is 0 Å². The minimum atomic E-state index is -0.242. The quantitative estimate of drug-likeness (QED) is 0.787. The van der Waals surface area contributed by atoms with Crippen molar-refractivity contribution in [2.75, 3.05) is 25.1 Å². The molecular formula is C21H24N2O4. The lowest BCUT2D eigenvalue weighted by atomic mass is 10.1. The first kappa shape index (κ1) is 18.9. The van der Waals surface area contributed by atoms with Crippen LogP contribution in [0.1, 0.15) is 40.5 Å². The summed E-state index contributed by atoms with van der Waals surface area (Å²) in [7, 11) is 0. The Labute approximate surface area is 158 Å². The highest BCUT2D eigenvalue weighted by molar-refractivity contribution is 6.05. The molecule has 6 nitrogen and oxygen atoms in total. The molecule has 1 aliphatic heterocycles. The Morgan fingerprint density at radius 2 is 1.93 bits per heavy atom. The first-order valence-electron chi connectivity index (χ1n) is 9.20. The zero-order valence-corrected chi connectivity index (χ0v) is 15.4. The summed E-state index contributed by atoms with van der Waals surface area (Å²) < 4.78 is 11.2. The minimum Gasteiger partial charge on any atom is -0.491 e. The van der Waals surface area contributed by atoms with E-state index < -0.39 is 0 Å². The SMILES string of the molecule is CCNC(=O)c1cccc(NC(=O)c2ccc(OCC3CCCO3)cc2)c1. The third-order valence-corrected chi connectivity index (χ3v) is 4.30. The summed E-state index contributed by atoms with van der Waals surface area (Å²) in [5, 5.41) is 5.55. The molecule has 1 atom stereocenters. The molecule has 0 radical (unpaired) electrons. The Hall–Kier alpha value is -2.86. The summed E-state index contributed by atoms with van der Waals surface area (Å²) in [6.07, 6.45) is 2.26. The number of nitrogens with one attached hydrogen (secondary N) is 2. The average molecular weight is 368 g/mol. The van der Waals surface area contributed by atoms with Gasteiger partial charge in [0.15, 0.2) is 0 Å². The van der Waals surface area contributed by atoms with Gasteiger partial charge in [-0.1, -0.05) is 6.07 Å². The van der Waals surface area contributed by atoms with E-state index in [9.17, 15) is 9.59 Å². The maximum absolute atomic E-state index is 12.4. The van der Waals surface area contributed by atoms with E-state index in [1.807, 2.05) is 6.92 Å². The minimum absolute atomic E-state index is 0.158. The Kier molecular flexibility index (Phi) is 6.44. The molecule has 2 N–H and O–H groups in total. The normalized spacial score (nSPS) is 16.0. The molecule has 27 heavy (non-hydrogen) atoms. The fraction of sp³-hybridized carbons (Fsp3) is 0.333. The largest absolute Gasteiger partial charge is 0.491 e. The van der Waals surface area contributed by atoms with Crippen LogP contribution < -0.4 is 15.4 Å². The molecule has 6 heteroatoms. The molecule has 0 spiro atoms. The van der Waals surface area contributed by atoms with Crippen LogP contribution in [0.2, 0.25) is 0 Å². The van der Waals surface area contributed by atoms with Gasteiger partial charge >= 0.3 is 0 Å². The Bertz CT molecular complexity index is 783. The number of benzene rings is 2. The van der Waals surface area contributed by atoms with Crippen molar-refractivity contribution in [2.24, 2.45) is 0 Å². The number of anilines is 1. The molecule has 0 aromatic heterocycles. The van der Waals surface area contributed by atoms with Gasteiger partial charge in [0.25, 0.3) is 11.8 Å². The Morgan fingerprint density at radius 1 is 1.11 bits per heavy atom. The van der Waals surface area contributed by atoms with Gasteiger partial charge in [-0.15, -0.1) is 0 Å². The van der Waals surface area contributed by atoms with Crippen LogP contribution in [0.4, 0.5) is 5.69 Å². The van der Waals surface area contributed by atoms with Gasteiger partial charge in [-0.3, -0.25) is 9.59 Å². The molecule has 2 aromatic rings. The Morgan fingerprint density at radius 3 is 2.63 bits per heavy atom. The second-order valence-corrected chi connectivity index (χ2v) is 6.36. The van der Waals surface area contributed by atoms with Crippen molar-refractivity contribution in [3.05, 3.63) is 59.7 Å². The maximum atomic E-state index is 12.4. The van der Waals surface area contributed by atoms with E-state index in [0.29, 0.717) is 35.7 Å². The molecule has 2 amide bonds. The van der Waals surface area contributed by atoms with E-state index in [4.69, 9.17) is 9.47 Å². The predicted octanol–water partition coefficient (Wildman–Crippen LogP) is 3.25. The highest BCUT2D eigenvalue weighted by atomic mass is 16.5. The van der Waals surface area contributed by atoms with Gasteiger partial charge in [0.05, 0.1) is 6.10 Å². The second-order valence-electron chi connectivity index (χ2n) is 6.36. The smallest absolute Gasteiger partial charge is 0.255 e. The van der Waals surface area contributed by atoms with Gasteiger partial charge in [-0.05, 0) is 62.2 Å². The number of rotatable bonds is 7.